The topological polar surface area (TPSA) is 20.3 Å². The number of carbonyl (C=O) groups is 1. The van der Waals surface area contributed by atoms with Crippen LogP contribution in [0, 0.1) is 5.92 Å². The van der Waals surface area contributed by atoms with Crippen molar-refractivity contribution in [2.24, 2.45) is 5.92 Å². The smallest absolute Gasteiger partial charge is 0.168 e. The minimum absolute atomic E-state index is 0.00473. The fourth-order valence-corrected chi connectivity index (χ4v) is 5.29. The third kappa shape index (κ3) is 3.62. The zero-order valence-electron chi connectivity index (χ0n) is 17.8. The van der Waals surface area contributed by atoms with Crippen LogP contribution in [0.25, 0.3) is 11.1 Å². The van der Waals surface area contributed by atoms with E-state index in [1.807, 2.05) is 38.1 Å². The number of allylic oxidation sites excluding steroid dienone is 2. The van der Waals surface area contributed by atoms with Crippen molar-refractivity contribution in [3.63, 3.8) is 0 Å². The van der Waals surface area contributed by atoms with E-state index in [-0.39, 0.29) is 17.6 Å². The van der Waals surface area contributed by atoms with Crippen molar-refractivity contribution in [3.05, 3.63) is 83.9 Å². The van der Waals surface area contributed by atoms with Gasteiger partial charge >= 0.3 is 0 Å². The molecular weight excluding hydrogens is 354 g/mol. The lowest BCUT2D eigenvalue weighted by Gasteiger charge is -2.42. The fourth-order valence-electron chi connectivity index (χ4n) is 5.29. The van der Waals surface area contributed by atoms with Gasteiger partial charge < -0.3 is 0 Å². The van der Waals surface area contributed by atoms with Crippen LogP contribution >= 0.6 is 0 Å². The van der Waals surface area contributed by atoms with Gasteiger partial charge in [0.1, 0.15) is 0 Å². The van der Waals surface area contributed by atoms with Crippen molar-refractivity contribution < 1.29 is 4.79 Å². The number of benzene rings is 2. The summed E-state index contributed by atoms with van der Waals surface area (Å²) in [6, 6.07) is 17.7. The molecule has 0 saturated carbocycles. The van der Waals surface area contributed by atoms with Crippen LogP contribution in [-0.4, -0.2) is 29.8 Å². The predicted molar refractivity (Wildman–Crippen MR) is 122 cm³/mol. The molecule has 2 fully saturated rings. The SMILES string of the molecule is C=C(C)c1ccc(C(=O)[C@H]2[C@H]3CC[C@@H](C[C@H]2c2ccc(C(=C)C)cc2)N3C)cc1. The second-order valence-corrected chi connectivity index (χ2v) is 8.96. The number of nitrogens with zero attached hydrogens (tertiary/aromatic N) is 1. The number of piperidine rings is 1. The summed E-state index contributed by atoms with van der Waals surface area (Å²) in [6.45, 7) is 12.1. The minimum Gasteiger partial charge on any atom is -0.300 e. The number of ketones is 1. The molecule has 0 spiro atoms. The van der Waals surface area contributed by atoms with Crippen molar-refractivity contribution in [1.29, 1.82) is 0 Å². The first-order valence-corrected chi connectivity index (χ1v) is 10.6. The Morgan fingerprint density at radius 2 is 1.38 bits per heavy atom. The van der Waals surface area contributed by atoms with Gasteiger partial charge in [0, 0.05) is 23.6 Å². The molecule has 0 N–H and O–H groups in total. The monoisotopic (exact) mass is 385 g/mol. The highest BCUT2D eigenvalue weighted by Crippen LogP contribution is 2.47. The van der Waals surface area contributed by atoms with Gasteiger partial charge in [0.25, 0.3) is 0 Å². The highest BCUT2D eigenvalue weighted by atomic mass is 16.1. The molecule has 0 amide bonds. The molecule has 4 rings (SSSR count). The molecular formula is C27H31NO. The van der Waals surface area contributed by atoms with Crippen LogP contribution in [0.5, 0.6) is 0 Å². The van der Waals surface area contributed by atoms with E-state index < -0.39 is 0 Å². The van der Waals surface area contributed by atoms with Crippen LogP contribution < -0.4 is 0 Å². The largest absolute Gasteiger partial charge is 0.300 e. The van der Waals surface area contributed by atoms with Crippen LogP contribution in [0.2, 0.25) is 0 Å². The molecule has 2 saturated heterocycles. The number of hydrogen-bond acceptors (Lipinski definition) is 2. The van der Waals surface area contributed by atoms with E-state index >= 15 is 0 Å². The highest BCUT2D eigenvalue weighted by molar-refractivity contribution is 5.99. The predicted octanol–water partition coefficient (Wildman–Crippen LogP) is 6.20. The Hall–Kier alpha value is -2.45. The van der Waals surface area contributed by atoms with E-state index in [4.69, 9.17) is 0 Å². The van der Waals surface area contributed by atoms with Crippen LogP contribution in [0.1, 0.15) is 66.1 Å². The van der Waals surface area contributed by atoms with Gasteiger partial charge in [-0.25, -0.2) is 0 Å². The summed E-state index contributed by atoms with van der Waals surface area (Å²) in [4.78, 5) is 16.2. The molecule has 2 aliphatic rings. The molecule has 2 aromatic carbocycles. The Balaban J connectivity index is 1.69. The molecule has 4 atom stereocenters. The van der Waals surface area contributed by atoms with Crippen LogP contribution in [0.15, 0.2) is 61.7 Å². The third-order valence-electron chi connectivity index (χ3n) is 7.07. The molecule has 150 valence electrons. The van der Waals surface area contributed by atoms with E-state index in [0.29, 0.717) is 12.1 Å². The molecule has 0 aliphatic carbocycles. The van der Waals surface area contributed by atoms with Gasteiger partial charge in [0.2, 0.25) is 0 Å². The van der Waals surface area contributed by atoms with Crippen molar-refractivity contribution in [2.75, 3.05) is 7.05 Å². The van der Waals surface area contributed by atoms with Gasteiger partial charge in [-0.05, 0) is 62.8 Å². The minimum atomic E-state index is 0.00473. The average molecular weight is 386 g/mol. The molecule has 0 unspecified atom stereocenters. The highest BCUT2D eigenvalue weighted by Gasteiger charge is 2.48. The standard InChI is InChI=1S/C27H31NO/c1-17(2)19-6-10-21(11-7-19)24-16-23-14-15-25(28(23)5)26(24)27(29)22-12-8-20(9-13-22)18(3)4/h6-13,23-26H,1,3,14-16H2,2,4-5H3/t23-,24-,25+,26+/m0/s1. The fraction of sp³-hybridized carbons (Fsp3) is 0.370. The van der Waals surface area contributed by atoms with Gasteiger partial charge in [-0.1, -0.05) is 72.8 Å². The molecule has 2 aromatic rings. The Morgan fingerprint density at radius 1 is 0.862 bits per heavy atom. The Labute approximate surface area is 174 Å². The Morgan fingerprint density at radius 3 is 1.93 bits per heavy atom. The van der Waals surface area contributed by atoms with E-state index in [1.54, 1.807) is 0 Å². The molecule has 2 heteroatoms. The Kier molecular flexibility index (Phi) is 5.31. The molecule has 2 bridgehead atoms. The zero-order chi connectivity index (χ0) is 20.7. The lowest BCUT2D eigenvalue weighted by atomic mass is 9.72. The Bertz CT molecular complexity index is 938. The number of hydrogen-bond donors (Lipinski definition) is 0. The molecule has 0 radical (unpaired) electrons. The summed E-state index contributed by atoms with van der Waals surface area (Å²) in [5, 5.41) is 0. The second kappa shape index (κ2) is 7.76. The average Bonchev–Trinajstić information content (AvgIpc) is 2.96. The quantitative estimate of drug-likeness (QED) is 0.571. The lowest BCUT2D eigenvalue weighted by molar-refractivity contribution is 0.0643. The molecule has 2 aliphatic heterocycles. The van der Waals surface area contributed by atoms with E-state index in [0.717, 1.165) is 35.1 Å². The van der Waals surface area contributed by atoms with Crippen LogP contribution in [0.4, 0.5) is 0 Å². The molecule has 0 aromatic heterocycles. The number of carbonyl (C=O) groups excluding carboxylic acids is 1. The third-order valence-corrected chi connectivity index (χ3v) is 7.07. The van der Waals surface area contributed by atoms with E-state index in [1.165, 1.54) is 17.5 Å². The van der Waals surface area contributed by atoms with Crippen LogP contribution in [-0.2, 0) is 0 Å². The van der Waals surface area contributed by atoms with Gasteiger partial charge in [0.15, 0.2) is 5.78 Å². The zero-order valence-corrected chi connectivity index (χ0v) is 17.8. The first-order chi connectivity index (χ1) is 13.9. The summed E-state index contributed by atoms with van der Waals surface area (Å²) >= 11 is 0. The van der Waals surface area contributed by atoms with Crippen molar-refractivity contribution in [3.8, 4) is 0 Å². The first kappa shape index (κ1) is 19.8. The first-order valence-electron chi connectivity index (χ1n) is 10.6. The maximum Gasteiger partial charge on any atom is 0.168 e. The van der Waals surface area contributed by atoms with E-state index in [2.05, 4.69) is 49.4 Å². The van der Waals surface area contributed by atoms with Gasteiger partial charge in [0.05, 0.1) is 0 Å². The number of Topliss-reactive ketones (excluding diaryl/α,β-unsaturated/α-hetero) is 1. The van der Waals surface area contributed by atoms with E-state index in [9.17, 15) is 4.79 Å². The van der Waals surface area contributed by atoms with Gasteiger partial charge in [-0.2, -0.15) is 0 Å². The van der Waals surface area contributed by atoms with Gasteiger partial charge in [-0.3, -0.25) is 9.69 Å². The van der Waals surface area contributed by atoms with Crippen molar-refractivity contribution in [1.82, 2.24) is 4.90 Å². The van der Waals surface area contributed by atoms with Crippen molar-refractivity contribution in [2.45, 2.75) is 51.1 Å². The molecule has 29 heavy (non-hydrogen) atoms. The maximum atomic E-state index is 13.7. The summed E-state index contributed by atoms with van der Waals surface area (Å²) in [5.74, 6) is 0.561. The number of rotatable bonds is 5. The molecule has 2 heterocycles. The number of fused-ring (bicyclic) bond motifs is 2. The summed E-state index contributed by atoms with van der Waals surface area (Å²) < 4.78 is 0. The molecule has 2 nitrogen and oxygen atoms in total. The lowest BCUT2D eigenvalue weighted by Crippen LogP contribution is -2.48. The maximum absolute atomic E-state index is 13.7. The summed E-state index contributed by atoms with van der Waals surface area (Å²) in [7, 11) is 2.20. The summed E-state index contributed by atoms with van der Waals surface area (Å²) in [5.41, 5.74) is 6.47. The van der Waals surface area contributed by atoms with Gasteiger partial charge in [-0.15, -0.1) is 0 Å². The van der Waals surface area contributed by atoms with Crippen LogP contribution in [0.3, 0.4) is 0 Å². The normalized spacial score (nSPS) is 26.3. The van der Waals surface area contributed by atoms with Crippen molar-refractivity contribution >= 4 is 16.9 Å². The second-order valence-electron chi connectivity index (χ2n) is 8.96. The summed E-state index contributed by atoms with van der Waals surface area (Å²) in [6.07, 6.45) is 3.36.